The first-order valence-electron chi connectivity index (χ1n) is 28.6. The number of hydrogen-bond acceptors (Lipinski definition) is 5. The van der Waals surface area contributed by atoms with Crippen molar-refractivity contribution in [1.82, 2.24) is 5.32 Å². The Morgan fingerprint density at radius 3 is 1.22 bits per heavy atom. The van der Waals surface area contributed by atoms with Gasteiger partial charge in [-0.05, 0) is 57.8 Å². The van der Waals surface area contributed by atoms with E-state index in [1.165, 1.54) is 199 Å². The monoisotopic (exact) mass is 902 g/mol. The van der Waals surface area contributed by atoms with Crippen LogP contribution < -0.4 is 5.32 Å². The second-order valence-electron chi connectivity index (χ2n) is 19.7. The van der Waals surface area contributed by atoms with Gasteiger partial charge in [0.15, 0.2) is 0 Å². The first-order chi connectivity index (χ1) is 31.5. The molecule has 3 atom stereocenters. The average molecular weight is 903 g/mol. The number of unbranched alkanes of at least 4 members (excludes halogenated alkanes) is 36. The van der Waals surface area contributed by atoms with Crippen molar-refractivity contribution in [2.24, 2.45) is 0 Å². The maximum atomic E-state index is 13.3. The van der Waals surface area contributed by atoms with Gasteiger partial charge < -0.3 is 20.3 Å². The Morgan fingerprint density at radius 1 is 0.453 bits per heavy atom. The van der Waals surface area contributed by atoms with E-state index >= 15 is 0 Å². The van der Waals surface area contributed by atoms with E-state index in [9.17, 15) is 19.8 Å². The zero-order chi connectivity index (χ0) is 46.7. The highest BCUT2D eigenvalue weighted by Crippen LogP contribution is 2.19. The highest BCUT2D eigenvalue weighted by molar-refractivity contribution is 5.77. The van der Waals surface area contributed by atoms with Crippen LogP contribution in [0.4, 0.5) is 0 Å². The van der Waals surface area contributed by atoms with E-state index < -0.39 is 18.2 Å². The summed E-state index contributed by atoms with van der Waals surface area (Å²) in [6.07, 6.45) is 60.9. The second-order valence-corrected chi connectivity index (χ2v) is 19.7. The number of allylic oxidation sites excluding steroid dienone is 4. The minimum absolute atomic E-state index is 0.0781. The molecule has 0 aliphatic heterocycles. The summed E-state index contributed by atoms with van der Waals surface area (Å²) in [7, 11) is 0. The van der Waals surface area contributed by atoms with Crippen molar-refractivity contribution >= 4 is 11.9 Å². The van der Waals surface area contributed by atoms with Crippen molar-refractivity contribution in [3.63, 3.8) is 0 Å². The third kappa shape index (κ3) is 46.9. The van der Waals surface area contributed by atoms with Gasteiger partial charge in [-0.1, -0.05) is 263 Å². The molecule has 0 saturated carbocycles. The van der Waals surface area contributed by atoms with Gasteiger partial charge >= 0.3 is 5.97 Å². The first-order valence-corrected chi connectivity index (χ1v) is 28.6. The number of rotatable bonds is 52. The summed E-state index contributed by atoms with van der Waals surface area (Å²) in [5.41, 5.74) is 0. The van der Waals surface area contributed by atoms with Gasteiger partial charge in [0.05, 0.1) is 25.2 Å². The first kappa shape index (κ1) is 62.3. The van der Waals surface area contributed by atoms with Crippen LogP contribution in [0.15, 0.2) is 24.3 Å². The Hall–Kier alpha value is -1.66. The van der Waals surface area contributed by atoms with E-state index in [-0.39, 0.29) is 24.9 Å². The molecule has 6 heteroatoms. The van der Waals surface area contributed by atoms with Crippen molar-refractivity contribution in [3.8, 4) is 0 Å². The van der Waals surface area contributed by atoms with Crippen molar-refractivity contribution in [2.45, 2.75) is 328 Å². The lowest BCUT2D eigenvalue weighted by Crippen LogP contribution is -2.46. The normalized spacial score (nSPS) is 13.3. The van der Waals surface area contributed by atoms with Gasteiger partial charge in [0, 0.05) is 6.42 Å². The van der Waals surface area contributed by atoms with E-state index in [4.69, 9.17) is 4.74 Å². The number of aliphatic hydroxyl groups excluding tert-OH is 2. The standard InChI is InChI=1S/C58H111NO5/c1-4-7-10-13-16-19-22-25-27-28-30-32-34-37-40-43-46-49-54(64-58(63)51-48-45-42-39-36-33-29-26-23-20-17-14-11-8-5-2)52-57(62)59-55(53-60)56(61)50-47-44-41-38-35-31-24-21-18-15-12-9-6-3/h16,19,25,27,54-56,60-61H,4-15,17-18,20-24,26,28-53H2,1-3H3,(H,59,62)/b19-16-,27-25-. The Labute approximate surface area is 399 Å². The molecule has 0 saturated heterocycles. The average Bonchev–Trinajstić information content (AvgIpc) is 3.29. The Balaban J connectivity index is 4.55. The molecule has 0 radical (unpaired) electrons. The molecular weight excluding hydrogens is 791 g/mol. The summed E-state index contributed by atoms with van der Waals surface area (Å²) >= 11 is 0. The van der Waals surface area contributed by atoms with E-state index in [1.807, 2.05) is 0 Å². The topological polar surface area (TPSA) is 95.9 Å². The number of esters is 1. The number of nitrogens with one attached hydrogen (secondary N) is 1. The summed E-state index contributed by atoms with van der Waals surface area (Å²) in [4.78, 5) is 26.3. The van der Waals surface area contributed by atoms with E-state index in [0.29, 0.717) is 19.3 Å². The van der Waals surface area contributed by atoms with E-state index in [1.54, 1.807) is 0 Å². The summed E-state index contributed by atoms with van der Waals surface area (Å²) in [5, 5.41) is 23.9. The SMILES string of the molecule is CCCCC/C=C\C/C=C\CCCCCCCCCC(CC(=O)NC(CO)C(O)CCCCCCCCCCCCCCC)OC(=O)CCCCCCCCCCCCCCCCC. The molecule has 6 nitrogen and oxygen atoms in total. The molecule has 3 unspecified atom stereocenters. The van der Waals surface area contributed by atoms with Gasteiger partial charge in [0.2, 0.25) is 5.91 Å². The molecule has 3 N–H and O–H groups in total. The van der Waals surface area contributed by atoms with Crippen LogP contribution in [-0.4, -0.2) is 46.9 Å². The lowest BCUT2D eigenvalue weighted by Gasteiger charge is -2.24. The van der Waals surface area contributed by atoms with E-state index in [0.717, 1.165) is 64.2 Å². The third-order valence-electron chi connectivity index (χ3n) is 13.3. The number of amides is 1. The van der Waals surface area contributed by atoms with Crippen LogP contribution in [0.1, 0.15) is 310 Å². The predicted molar refractivity (Wildman–Crippen MR) is 278 cm³/mol. The van der Waals surface area contributed by atoms with Crippen molar-refractivity contribution in [1.29, 1.82) is 0 Å². The fourth-order valence-electron chi connectivity index (χ4n) is 8.93. The zero-order valence-electron chi connectivity index (χ0n) is 43.2. The van der Waals surface area contributed by atoms with Gasteiger partial charge in [-0.25, -0.2) is 0 Å². The lowest BCUT2D eigenvalue weighted by atomic mass is 10.0. The molecule has 0 bridgehead atoms. The molecule has 0 aromatic rings. The molecule has 0 heterocycles. The minimum Gasteiger partial charge on any atom is -0.462 e. The molecule has 0 rings (SSSR count). The van der Waals surface area contributed by atoms with Gasteiger partial charge in [0.1, 0.15) is 6.10 Å². The summed E-state index contributed by atoms with van der Waals surface area (Å²) in [5.74, 6) is -0.462. The number of ether oxygens (including phenoxy) is 1. The van der Waals surface area contributed by atoms with Crippen LogP contribution >= 0.6 is 0 Å². The quantitative estimate of drug-likeness (QED) is 0.0321. The zero-order valence-corrected chi connectivity index (χ0v) is 43.2. The van der Waals surface area contributed by atoms with Crippen molar-refractivity contribution < 1.29 is 24.5 Å². The Bertz CT molecular complexity index is 1010. The van der Waals surface area contributed by atoms with E-state index in [2.05, 4.69) is 50.4 Å². The van der Waals surface area contributed by atoms with Gasteiger partial charge in [-0.3, -0.25) is 9.59 Å². The van der Waals surface area contributed by atoms with Gasteiger partial charge in [0.25, 0.3) is 0 Å². The lowest BCUT2D eigenvalue weighted by molar-refractivity contribution is -0.151. The molecule has 0 fully saturated rings. The number of aliphatic hydroxyl groups is 2. The fourth-order valence-corrected chi connectivity index (χ4v) is 8.93. The Kier molecular flexibility index (Phi) is 51.0. The molecule has 0 aromatic carbocycles. The molecule has 0 spiro atoms. The summed E-state index contributed by atoms with van der Waals surface area (Å²) in [6.45, 7) is 6.49. The largest absolute Gasteiger partial charge is 0.462 e. The minimum atomic E-state index is -0.786. The third-order valence-corrected chi connectivity index (χ3v) is 13.3. The van der Waals surface area contributed by atoms with Crippen LogP contribution in [0.3, 0.4) is 0 Å². The highest BCUT2D eigenvalue weighted by atomic mass is 16.5. The number of carbonyl (C=O) groups is 2. The molecule has 378 valence electrons. The fraction of sp³-hybridized carbons (Fsp3) is 0.897. The second kappa shape index (κ2) is 52.3. The molecule has 1 amide bonds. The van der Waals surface area contributed by atoms with Gasteiger partial charge in [-0.15, -0.1) is 0 Å². The molecule has 64 heavy (non-hydrogen) atoms. The number of hydrogen-bond donors (Lipinski definition) is 3. The van der Waals surface area contributed by atoms with Crippen LogP contribution in [-0.2, 0) is 14.3 Å². The van der Waals surface area contributed by atoms with Crippen LogP contribution in [0.2, 0.25) is 0 Å². The maximum Gasteiger partial charge on any atom is 0.306 e. The molecular formula is C58H111NO5. The Morgan fingerprint density at radius 2 is 0.797 bits per heavy atom. The van der Waals surface area contributed by atoms with Crippen molar-refractivity contribution in [3.05, 3.63) is 24.3 Å². The maximum absolute atomic E-state index is 13.3. The summed E-state index contributed by atoms with van der Waals surface area (Å²) in [6, 6.07) is -0.700. The van der Waals surface area contributed by atoms with Crippen LogP contribution in [0.25, 0.3) is 0 Å². The summed E-state index contributed by atoms with van der Waals surface area (Å²) < 4.78 is 5.96. The molecule has 0 aliphatic rings. The molecule has 0 aliphatic carbocycles. The predicted octanol–water partition coefficient (Wildman–Crippen LogP) is 17.5. The smallest absolute Gasteiger partial charge is 0.306 e. The van der Waals surface area contributed by atoms with Gasteiger partial charge in [-0.2, -0.15) is 0 Å². The highest BCUT2D eigenvalue weighted by Gasteiger charge is 2.24. The molecule has 0 aromatic heterocycles. The van der Waals surface area contributed by atoms with Crippen LogP contribution in [0, 0.1) is 0 Å². The van der Waals surface area contributed by atoms with Crippen LogP contribution in [0.5, 0.6) is 0 Å². The number of carbonyl (C=O) groups excluding carboxylic acids is 2. The van der Waals surface area contributed by atoms with Crippen molar-refractivity contribution in [2.75, 3.05) is 6.61 Å².